The normalized spacial score (nSPS) is 12.6. The van der Waals surface area contributed by atoms with Gasteiger partial charge in [-0.3, -0.25) is 4.79 Å². The summed E-state index contributed by atoms with van der Waals surface area (Å²) in [5, 5.41) is 5.40. The summed E-state index contributed by atoms with van der Waals surface area (Å²) >= 11 is 0. The first kappa shape index (κ1) is 14.6. The van der Waals surface area contributed by atoms with Crippen molar-refractivity contribution in [2.75, 3.05) is 7.05 Å². The Morgan fingerprint density at radius 3 is 2.28 bits per heavy atom. The summed E-state index contributed by atoms with van der Waals surface area (Å²) in [7, 11) is 1.67. The maximum Gasteiger partial charge on any atom is 0.237 e. The predicted molar refractivity (Wildman–Crippen MR) is 65.9 cm³/mol. The predicted octanol–water partition coefficient (Wildman–Crippen LogP) is 1.82. The highest BCUT2D eigenvalue weighted by molar-refractivity contribution is 5.81. The fourth-order valence-electron chi connectivity index (χ4n) is 1.75. The maximum atomic E-state index is 13.3. The number of carbonyl (C=O) groups excluding carboxylic acids is 1. The molecule has 0 fully saturated rings. The average molecular weight is 256 g/mol. The van der Waals surface area contributed by atoms with E-state index in [0.29, 0.717) is 0 Å². The lowest BCUT2D eigenvalue weighted by Gasteiger charge is -2.19. The number of halogens is 2. The number of hydrogen-bond acceptors (Lipinski definition) is 2. The van der Waals surface area contributed by atoms with Crippen LogP contribution in [0.2, 0.25) is 0 Å². The zero-order valence-corrected chi connectivity index (χ0v) is 10.8. The third kappa shape index (κ3) is 3.50. The summed E-state index contributed by atoms with van der Waals surface area (Å²) in [4.78, 5) is 11.8. The van der Waals surface area contributed by atoms with Crippen molar-refractivity contribution < 1.29 is 13.6 Å². The van der Waals surface area contributed by atoms with Crippen LogP contribution in [0.15, 0.2) is 18.2 Å². The molecule has 0 heterocycles. The minimum absolute atomic E-state index is 0.0977. The van der Waals surface area contributed by atoms with E-state index in [9.17, 15) is 13.6 Å². The zero-order chi connectivity index (χ0) is 13.7. The smallest absolute Gasteiger partial charge is 0.237 e. The molecule has 2 N–H and O–H groups in total. The molecule has 18 heavy (non-hydrogen) atoms. The van der Waals surface area contributed by atoms with Gasteiger partial charge in [0, 0.05) is 12.1 Å². The van der Waals surface area contributed by atoms with Gasteiger partial charge in [-0.2, -0.15) is 0 Å². The van der Waals surface area contributed by atoms with Gasteiger partial charge in [-0.05, 0) is 25.1 Å². The molecule has 0 aromatic heterocycles. The van der Waals surface area contributed by atoms with Crippen molar-refractivity contribution in [3.05, 3.63) is 35.4 Å². The van der Waals surface area contributed by atoms with E-state index in [4.69, 9.17) is 0 Å². The standard InChI is InChI=1S/C13H18F2N2O/c1-8(2)12(16-3)13(18)17-7-9-10(14)5-4-6-11(9)15/h4-6,8,12,16H,7H2,1-3H3,(H,17,18). The van der Waals surface area contributed by atoms with E-state index in [2.05, 4.69) is 10.6 Å². The molecule has 100 valence electrons. The van der Waals surface area contributed by atoms with Crippen LogP contribution in [0.25, 0.3) is 0 Å². The number of nitrogens with one attached hydrogen (secondary N) is 2. The highest BCUT2D eigenvalue weighted by Gasteiger charge is 2.20. The Morgan fingerprint density at radius 2 is 1.83 bits per heavy atom. The summed E-state index contributed by atoms with van der Waals surface area (Å²) in [5.74, 6) is -1.47. The van der Waals surface area contributed by atoms with Gasteiger partial charge in [-0.25, -0.2) is 8.78 Å². The van der Waals surface area contributed by atoms with Crippen LogP contribution in [0, 0.1) is 17.6 Å². The Balaban J connectivity index is 2.68. The van der Waals surface area contributed by atoms with E-state index in [0.717, 1.165) is 0 Å². The van der Waals surface area contributed by atoms with Gasteiger partial charge < -0.3 is 10.6 Å². The van der Waals surface area contributed by atoms with Crippen molar-refractivity contribution in [3.63, 3.8) is 0 Å². The van der Waals surface area contributed by atoms with E-state index in [-0.39, 0.29) is 30.0 Å². The number of likely N-dealkylation sites (N-methyl/N-ethyl adjacent to an activating group) is 1. The van der Waals surface area contributed by atoms with E-state index >= 15 is 0 Å². The van der Waals surface area contributed by atoms with Crippen LogP contribution in [-0.2, 0) is 11.3 Å². The molecule has 1 amide bonds. The van der Waals surface area contributed by atoms with Crippen molar-refractivity contribution in [2.24, 2.45) is 5.92 Å². The topological polar surface area (TPSA) is 41.1 Å². The number of carbonyl (C=O) groups is 1. The van der Waals surface area contributed by atoms with E-state index in [1.807, 2.05) is 13.8 Å². The Morgan fingerprint density at radius 1 is 1.28 bits per heavy atom. The largest absolute Gasteiger partial charge is 0.350 e. The van der Waals surface area contributed by atoms with Gasteiger partial charge in [0.2, 0.25) is 5.91 Å². The number of hydrogen-bond donors (Lipinski definition) is 2. The van der Waals surface area contributed by atoms with E-state index in [1.54, 1.807) is 7.05 Å². The van der Waals surface area contributed by atoms with Crippen LogP contribution >= 0.6 is 0 Å². The highest BCUT2D eigenvalue weighted by atomic mass is 19.1. The minimum Gasteiger partial charge on any atom is -0.350 e. The summed E-state index contributed by atoms with van der Waals surface area (Å²) in [6, 6.07) is 3.26. The fourth-order valence-corrected chi connectivity index (χ4v) is 1.75. The molecule has 0 saturated carbocycles. The van der Waals surface area contributed by atoms with E-state index < -0.39 is 11.6 Å². The average Bonchev–Trinajstić information content (AvgIpc) is 2.28. The Kier molecular flexibility index (Phi) is 5.22. The molecule has 1 rings (SSSR count). The van der Waals surface area contributed by atoms with Crippen molar-refractivity contribution in [2.45, 2.75) is 26.4 Å². The van der Waals surface area contributed by atoms with Crippen molar-refractivity contribution in [1.82, 2.24) is 10.6 Å². The molecular formula is C13H18F2N2O. The summed E-state index contributed by atoms with van der Waals surface area (Å²) in [6.07, 6.45) is 0. The number of rotatable bonds is 5. The minimum atomic E-state index is -0.652. The molecule has 0 aliphatic heterocycles. The first-order chi connectivity index (χ1) is 8.47. The SMILES string of the molecule is CNC(C(=O)NCc1c(F)cccc1F)C(C)C. The number of amides is 1. The van der Waals surface area contributed by atoms with Gasteiger partial charge in [-0.1, -0.05) is 19.9 Å². The molecule has 1 aromatic carbocycles. The molecule has 5 heteroatoms. The summed E-state index contributed by atoms with van der Waals surface area (Å²) < 4.78 is 26.7. The Bertz CT molecular complexity index is 401. The third-order valence-corrected chi connectivity index (χ3v) is 2.76. The molecule has 0 aliphatic carbocycles. The van der Waals surface area contributed by atoms with Gasteiger partial charge in [0.15, 0.2) is 0 Å². The van der Waals surface area contributed by atoms with Crippen LogP contribution in [0.4, 0.5) is 8.78 Å². The highest BCUT2D eigenvalue weighted by Crippen LogP contribution is 2.11. The van der Waals surface area contributed by atoms with Crippen molar-refractivity contribution >= 4 is 5.91 Å². The number of benzene rings is 1. The molecule has 0 spiro atoms. The monoisotopic (exact) mass is 256 g/mol. The lowest BCUT2D eigenvalue weighted by Crippen LogP contribution is -2.45. The summed E-state index contributed by atoms with van der Waals surface area (Å²) in [6.45, 7) is 3.64. The van der Waals surface area contributed by atoms with Gasteiger partial charge >= 0.3 is 0 Å². The van der Waals surface area contributed by atoms with Crippen LogP contribution in [0.3, 0.4) is 0 Å². The van der Waals surface area contributed by atoms with Crippen molar-refractivity contribution in [3.8, 4) is 0 Å². The molecule has 0 bridgehead atoms. The quantitative estimate of drug-likeness (QED) is 0.843. The molecule has 0 saturated heterocycles. The molecular weight excluding hydrogens is 238 g/mol. The molecule has 0 radical (unpaired) electrons. The molecule has 1 atom stereocenters. The second-order valence-corrected chi connectivity index (χ2v) is 4.43. The lowest BCUT2D eigenvalue weighted by atomic mass is 10.0. The van der Waals surface area contributed by atoms with Gasteiger partial charge in [-0.15, -0.1) is 0 Å². The van der Waals surface area contributed by atoms with Gasteiger partial charge in [0.05, 0.1) is 6.04 Å². The van der Waals surface area contributed by atoms with Crippen LogP contribution in [0.5, 0.6) is 0 Å². The van der Waals surface area contributed by atoms with Crippen molar-refractivity contribution in [1.29, 1.82) is 0 Å². The first-order valence-corrected chi connectivity index (χ1v) is 5.85. The fraction of sp³-hybridized carbons (Fsp3) is 0.462. The Labute approximate surface area is 106 Å². The Hall–Kier alpha value is -1.49. The molecule has 1 unspecified atom stereocenters. The zero-order valence-electron chi connectivity index (χ0n) is 10.8. The van der Waals surface area contributed by atoms with Gasteiger partial charge in [0.1, 0.15) is 11.6 Å². The van der Waals surface area contributed by atoms with Crippen LogP contribution < -0.4 is 10.6 Å². The van der Waals surface area contributed by atoms with Crippen LogP contribution in [-0.4, -0.2) is 19.0 Å². The second kappa shape index (κ2) is 6.44. The van der Waals surface area contributed by atoms with Crippen LogP contribution in [0.1, 0.15) is 19.4 Å². The first-order valence-electron chi connectivity index (χ1n) is 5.85. The van der Waals surface area contributed by atoms with Gasteiger partial charge in [0.25, 0.3) is 0 Å². The third-order valence-electron chi connectivity index (χ3n) is 2.76. The summed E-state index contributed by atoms with van der Waals surface area (Å²) in [5.41, 5.74) is -0.121. The maximum absolute atomic E-state index is 13.3. The molecule has 3 nitrogen and oxygen atoms in total. The van der Waals surface area contributed by atoms with E-state index in [1.165, 1.54) is 18.2 Å². The molecule has 0 aliphatic rings. The second-order valence-electron chi connectivity index (χ2n) is 4.43. The lowest BCUT2D eigenvalue weighted by molar-refractivity contribution is -0.124. The molecule has 1 aromatic rings.